The fourth-order valence-corrected chi connectivity index (χ4v) is 1.55. The minimum atomic E-state index is 0.0555. The van der Waals surface area contributed by atoms with Gasteiger partial charge in [-0.3, -0.25) is 0 Å². The van der Waals surface area contributed by atoms with Crippen molar-refractivity contribution in [1.29, 1.82) is 0 Å². The van der Waals surface area contributed by atoms with E-state index < -0.39 is 0 Å². The number of nitrogens with two attached hydrogens (primary N) is 1. The largest absolute Gasteiger partial charge is 0.489 e. The van der Waals surface area contributed by atoms with Crippen LogP contribution in [-0.2, 0) is 6.42 Å². The van der Waals surface area contributed by atoms with Crippen LogP contribution >= 0.6 is 0 Å². The number of hydrogen-bond donors (Lipinski definition) is 1. The fourth-order valence-electron chi connectivity index (χ4n) is 1.55. The van der Waals surface area contributed by atoms with E-state index in [-0.39, 0.29) is 11.5 Å². The van der Waals surface area contributed by atoms with Crippen molar-refractivity contribution < 1.29 is 4.74 Å². The Hall–Kier alpha value is -1.02. The number of benzene rings is 1. The molecule has 0 heterocycles. The summed E-state index contributed by atoms with van der Waals surface area (Å²) < 4.78 is 5.90. The van der Waals surface area contributed by atoms with E-state index >= 15 is 0 Å². The second-order valence-corrected chi connectivity index (χ2v) is 5.21. The molecule has 0 radical (unpaired) electrons. The lowest BCUT2D eigenvalue weighted by molar-refractivity contribution is 0.0941. The van der Waals surface area contributed by atoms with E-state index in [1.807, 2.05) is 12.1 Å². The zero-order chi connectivity index (χ0) is 12.2. The van der Waals surface area contributed by atoms with Crippen LogP contribution < -0.4 is 10.5 Å². The van der Waals surface area contributed by atoms with Crippen LogP contribution in [0.5, 0.6) is 5.75 Å². The van der Waals surface area contributed by atoms with Crippen LogP contribution in [-0.4, -0.2) is 12.6 Å². The quantitative estimate of drug-likeness (QED) is 0.848. The van der Waals surface area contributed by atoms with Crippen molar-refractivity contribution in [3.05, 3.63) is 29.8 Å². The molecule has 0 saturated carbocycles. The van der Waals surface area contributed by atoms with Gasteiger partial charge in [0.2, 0.25) is 0 Å². The summed E-state index contributed by atoms with van der Waals surface area (Å²) in [7, 11) is 0. The van der Waals surface area contributed by atoms with E-state index in [1.165, 1.54) is 5.56 Å². The monoisotopic (exact) mass is 221 g/mol. The van der Waals surface area contributed by atoms with Gasteiger partial charge in [0.1, 0.15) is 11.9 Å². The van der Waals surface area contributed by atoms with E-state index in [1.54, 1.807) is 0 Å². The lowest BCUT2D eigenvalue weighted by atomic mass is 9.89. The topological polar surface area (TPSA) is 35.2 Å². The minimum absolute atomic E-state index is 0.0555. The first-order valence-corrected chi connectivity index (χ1v) is 5.93. The third kappa shape index (κ3) is 3.53. The molecule has 1 aromatic carbocycles. The van der Waals surface area contributed by atoms with Gasteiger partial charge < -0.3 is 10.5 Å². The first-order valence-electron chi connectivity index (χ1n) is 5.93. The van der Waals surface area contributed by atoms with Crippen LogP contribution in [0.4, 0.5) is 0 Å². The van der Waals surface area contributed by atoms with Crippen molar-refractivity contribution in [2.75, 3.05) is 6.54 Å². The third-order valence-corrected chi connectivity index (χ3v) is 2.79. The highest BCUT2D eigenvalue weighted by Gasteiger charge is 2.24. The fraction of sp³-hybridized carbons (Fsp3) is 0.571. The highest BCUT2D eigenvalue weighted by atomic mass is 16.5. The lowest BCUT2D eigenvalue weighted by Gasteiger charge is -2.30. The van der Waals surface area contributed by atoms with Crippen molar-refractivity contribution >= 4 is 0 Å². The molecule has 0 bridgehead atoms. The summed E-state index contributed by atoms with van der Waals surface area (Å²) in [5.74, 6) is 0.905. The van der Waals surface area contributed by atoms with Gasteiger partial charge in [-0.1, -0.05) is 39.8 Å². The molecule has 0 aromatic heterocycles. The Bertz CT molecular complexity index is 311. The SMILES string of the molecule is CCc1ccc(OC(CN)C(C)(C)C)cc1. The summed E-state index contributed by atoms with van der Waals surface area (Å²) in [4.78, 5) is 0. The van der Waals surface area contributed by atoms with E-state index in [2.05, 4.69) is 39.8 Å². The molecule has 2 N–H and O–H groups in total. The highest BCUT2D eigenvalue weighted by molar-refractivity contribution is 5.27. The van der Waals surface area contributed by atoms with E-state index in [0.29, 0.717) is 6.54 Å². The van der Waals surface area contributed by atoms with Gasteiger partial charge in [0.15, 0.2) is 0 Å². The van der Waals surface area contributed by atoms with Crippen molar-refractivity contribution in [2.45, 2.75) is 40.2 Å². The van der Waals surface area contributed by atoms with Crippen molar-refractivity contribution in [2.24, 2.45) is 11.1 Å². The van der Waals surface area contributed by atoms with Gasteiger partial charge in [0, 0.05) is 12.0 Å². The maximum absolute atomic E-state index is 5.90. The summed E-state index contributed by atoms with van der Waals surface area (Å²) in [6.07, 6.45) is 1.11. The molecule has 2 nitrogen and oxygen atoms in total. The Labute approximate surface area is 98.8 Å². The van der Waals surface area contributed by atoms with Crippen molar-refractivity contribution in [3.8, 4) is 5.75 Å². The Balaban J connectivity index is 2.71. The Morgan fingerprint density at radius 3 is 2.12 bits per heavy atom. The standard InChI is InChI=1S/C14H23NO/c1-5-11-6-8-12(9-7-11)16-13(10-15)14(2,3)4/h6-9,13H,5,10,15H2,1-4H3. The first kappa shape index (κ1) is 13.0. The smallest absolute Gasteiger partial charge is 0.119 e. The Kier molecular flexibility index (Phi) is 4.36. The van der Waals surface area contributed by atoms with Gasteiger partial charge in [-0.25, -0.2) is 0 Å². The molecule has 16 heavy (non-hydrogen) atoms. The molecule has 1 aromatic rings. The minimum Gasteiger partial charge on any atom is -0.489 e. The van der Waals surface area contributed by atoms with Crippen LogP contribution in [0.1, 0.15) is 33.3 Å². The summed E-state index contributed by atoms with van der Waals surface area (Å²) in [5.41, 5.74) is 7.13. The van der Waals surface area contributed by atoms with Crippen LogP contribution in [0.3, 0.4) is 0 Å². The van der Waals surface area contributed by atoms with Crippen molar-refractivity contribution in [1.82, 2.24) is 0 Å². The molecule has 1 atom stereocenters. The third-order valence-electron chi connectivity index (χ3n) is 2.79. The molecule has 0 saturated heterocycles. The maximum atomic E-state index is 5.90. The molecule has 1 unspecified atom stereocenters. The molecule has 90 valence electrons. The van der Waals surface area contributed by atoms with Crippen LogP contribution in [0.2, 0.25) is 0 Å². The summed E-state index contributed by atoms with van der Waals surface area (Å²) in [5, 5.41) is 0. The zero-order valence-electron chi connectivity index (χ0n) is 10.8. The Morgan fingerprint density at radius 1 is 1.19 bits per heavy atom. The summed E-state index contributed by atoms with van der Waals surface area (Å²) >= 11 is 0. The van der Waals surface area contributed by atoms with Gasteiger partial charge in [-0.15, -0.1) is 0 Å². The molecule has 2 heteroatoms. The number of rotatable bonds is 4. The summed E-state index contributed by atoms with van der Waals surface area (Å²) in [6.45, 7) is 9.12. The molecule has 0 aliphatic heterocycles. The second kappa shape index (κ2) is 5.35. The molecule has 1 rings (SSSR count). The van der Waals surface area contributed by atoms with Gasteiger partial charge in [-0.2, -0.15) is 0 Å². The van der Waals surface area contributed by atoms with E-state index in [9.17, 15) is 0 Å². The molecular weight excluding hydrogens is 198 g/mol. The molecule has 0 spiro atoms. The van der Waals surface area contributed by atoms with Gasteiger partial charge in [0.05, 0.1) is 0 Å². The summed E-state index contributed by atoms with van der Waals surface area (Å²) in [6, 6.07) is 8.25. The zero-order valence-corrected chi connectivity index (χ0v) is 10.8. The van der Waals surface area contributed by atoms with E-state index in [4.69, 9.17) is 10.5 Å². The molecule has 0 amide bonds. The predicted molar refractivity (Wildman–Crippen MR) is 68.7 cm³/mol. The van der Waals surface area contributed by atoms with Gasteiger partial charge in [-0.05, 0) is 24.1 Å². The highest BCUT2D eigenvalue weighted by Crippen LogP contribution is 2.24. The molecular formula is C14H23NO. The predicted octanol–water partition coefficient (Wildman–Crippen LogP) is 3.00. The number of ether oxygens (including phenoxy) is 1. The normalized spacial score (nSPS) is 13.6. The van der Waals surface area contributed by atoms with Crippen LogP contribution in [0.25, 0.3) is 0 Å². The van der Waals surface area contributed by atoms with E-state index in [0.717, 1.165) is 12.2 Å². The van der Waals surface area contributed by atoms with Gasteiger partial charge >= 0.3 is 0 Å². The second-order valence-electron chi connectivity index (χ2n) is 5.21. The average Bonchev–Trinajstić information content (AvgIpc) is 2.25. The maximum Gasteiger partial charge on any atom is 0.119 e. The molecule has 0 aliphatic carbocycles. The molecule has 0 fully saturated rings. The molecule has 0 aliphatic rings. The Morgan fingerprint density at radius 2 is 1.75 bits per heavy atom. The van der Waals surface area contributed by atoms with Gasteiger partial charge in [0.25, 0.3) is 0 Å². The van der Waals surface area contributed by atoms with Crippen molar-refractivity contribution in [3.63, 3.8) is 0 Å². The van der Waals surface area contributed by atoms with Crippen LogP contribution in [0, 0.1) is 5.41 Å². The number of hydrogen-bond acceptors (Lipinski definition) is 2. The first-order chi connectivity index (χ1) is 7.47. The average molecular weight is 221 g/mol. The lowest BCUT2D eigenvalue weighted by Crippen LogP contribution is -2.38. The van der Waals surface area contributed by atoms with Crippen LogP contribution in [0.15, 0.2) is 24.3 Å². The number of aryl methyl sites for hydroxylation is 1.